The highest BCUT2D eigenvalue weighted by Gasteiger charge is 2.16. The summed E-state index contributed by atoms with van der Waals surface area (Å²) in [5.41, 5.74) is 2.00. The number of aromatic hydroxyl groups is 1. The van der Waals surface area contributed by atoms with Crippen LogP contribution in [0.1, 0.15) is 34.5 Å². The molecule has 0 aromatic heterocycles. The van der Waals surface area contributed by atoms with E-state index in [0.717, 1.165) is 11.1 Å². The van der Waals surface area contributed by atoms with Gasteiger partial charge in [-0.25, -0.2) is 4.79 Å². The van der Waals surface area contributed by atoms with E-state index in [2.05, 4.69) is 0 Å². The summed E-state index contributed by atoms with van der Waals surface area (Å²) in [7, 11) is 0. The molecule has 19 heavy (non-hydrogen) atoms. The Labute approximate surface area is 112 Å². The van der Waals surface area contributed by atoms with Crippen LogP contribution in [0, 0.1) is 6.92 Å². The summed E-state index contributed by atoms with van der Waals surface area (Å²) in [6.07, 6.45) is -0.352. The van der Waals surface area contributed by atoms with Gasteiger partial charge in [0, 0.05) is 0 Å². The van der Waals surface area contributed by atoms with Crippen LogP contribution in [-0.2, 0) is 4.74 Å². The molecule has 2 rings (SSSR count). The van der Waals surface area contributed by atoms with E-state index in [1.165, 1.54) is 0 Å². The summed E-state index contributed by atoms with van der Waals surface area (Å²) in [6, 6.07) is 14.4. The number of phenols is 1. The van der Waals surface area contributed by atoms with Crippen molar-refractivity contribution in [2.45, 2.75) is 20.0 Å². The molecular formula is C16H16O3. The lowest BCUT2D eigenvalue weighted by Crippen LogP contribution is -2.09. The van der Waals surface area contributed by atoms with Gasteiger partial charge in [0.1, 0.15) is 17.4 Å². The number of hydrogen-bond donors (Lipinski definition) is 1. The topological polar surface area (TPSA) is 46.5 Å². The van der Waals surface area contributed by atoms with Crippen LogP contribution in [0.25, 0.3) is 0 Å². The molecule has 3 heteroatoms. The number of carbonyl (C=O) groups excluding carboxylic acids is 1. The first-order valence-corrected chi connectivity index (χ1v) is 6.13. The number of benzene rings is 2. The highest BCUT2D eigenvalue weighted by atomic mass is 16.5. The lowest BCUT2D eigenvalue weighted by Gasteiger charge is -2.14. The van der Waals surface area contributed by atoms with Crippen molar-refractivity contribution in [3.63, 3.8) is 0 Å². The maximum Gasteiger partial charge on any atom is 0.342 e. The standard InChI is InChI=1S/C16H16O3/c1-11-8-9-14(15(17)10-11)16(18)19-12(2)13-6-4-3-5-7-13/h3-10,12,17H,1-2H3/t12-/m0/s1. The Morgan fingerprint density at radius 1 is 1.16 bits per heavy atom. The molecule has 0 bridgehead atoms. The van der Waals surface area contributed by atoms with Crippen LogP contribution < -0.4 is 0 Å². The van der Waals surface area contributed by atoms with Crippen molar-refractivity contribution in [3.05, 3.63) is 65.2 Å². The molecule has 2 aromatic rings. The second-order valence-electron chi connectivity index (χ2n) is 4.48. The van der Waals surface area contributed by atoms with Crippen molar-refractivity contribution in [1.82, 2.24) is 0 Å². The fraction of sp³-hybridized carbons (Fsp3) is 0.188. The number of rotatable bonds is 3. The van der Waals surface area contributed by atoms with Crippen LogP contribution in [-0.4, -0.2) is 11.1 Å². The van der Waals surface area contributed by atoms with Gasteiger partial charge in [-0.3, -0.25) is 0 Å². The number of aryl methyl sites for hydroxylation is 1. The van der Waals surface area contributed by atoms with Gasteiger partial charge in [0.25, 0.3) is 0 Å². The summed E-state index contributed by atoms with van der Waals surface area (Å²) < 4.78 is 5.34. The molecule has 1 N–H and O–H groups in total. The molecule has 0 aliphatic heterocycles. The maximum atomic E-state index is 12.0. The molecule has 0 spiro atoms. The fourth-order valence-corrected chi connectivity index (χ4v) is 1.83. The van der Waals surface area contributed by atoms with E-state index in [1.807, 2.05) is 37.3 Å². The minimum Gasteiger partial charge on any atom is -0.507 e. The third-order valence-corrected chi connectivity index (χ3v) is 2.93. The molecule has 0 fully saturated rings. The van der Waals surface area contributed by atoms with Gasteiger partial charge in [0.2, 0.25) is 0 Å². The quantitative estimate of drug-likeness (QED) is 0.853. The smallest absolute Gasteiger partial charge is 0.342 e. The van der Waals surface area contributed by atoms with Gasteiger partial charge in [0.05, 0.1) is 0 Å². The molecule has 0 aliphatic rings. The Bertz CT molecular complexity index is 576. The molecule has 1 atom stereocenters. The van der Waals surface area contributed by atoms with Crippen LogP contribution in [0.15, 0.2) is 48.5 Å². The molecule has 98 valence electrons. The normalized spacial score (nSPS) is 11.9. The van der Waals surface area contributed by atoms with Crippen molar-refractivity contribution in [1.29, 1.82) is 0 Å². The first-order valence-electron chi connectivity index (χ1n) is 6.13. The van der Waals surface area contributed by atoms with E-state index < -0.39 is 5.97 Å². The van der Waals surface area contributed by atoms with Gasteiger partial charge >= 0.3 is 5.97 Å². The highest BCUT2D eigenvalue weighted by molar-refractivity contribution is 5.92. The van der Waals surface area contributed by atoms with E-state index in [1.54, 1.807) is 25.1 Å². The molecule has 0 aliphatic carbocycles. The largest absolute Gasteiger partial charge is 0.507 e. The van der Waals surface area contributed by atoms with Crippen LogP contribution in [0.5, 0.6) is 5.75 Å². The first kappa shape index (κ1) is 13.1. The summed E-state index contributed by atoms with van der Waals surface area (Å²) in [4.78, 5) is 12.0. The minimum atomic E-state index is -0.520. The van der Waals surface area contributed by atoms with Gasteiger partial charge in [-0.05, 0) is 37.1 Å². The zero-order chi connectivity index (χ0) is 13.8. The molecule has 0 heterocycles. The van der Waals surface area contributed by atoms with Crippen molar-refractivity contribution in [2.75, 3.05) is 0 Å². The zero-order valence-electron chi connectivity index (χ0n) is 11.0. The fourth-order valence-electron chi connectivity index (χ4n) is 1.83. The average Bonchev–Trinajstić information content (AvgIpc) is 2.39. The Kier molecular flexibility index (Phi) is 3.85. The number of ether oxygens (including phenoxy) is 1. The van der Waals surface area contributed by atoms with Crippen LogP contribution in [0.2, 0.25) is 0 Å². The van der Waals surface area contributed by atoms with Crippen molar-refractivity contribution in [3.8, 4) is 5.75 Å². The van der Waals surface area contributed by atoms with E-state index in [0.29, 0.717) is 0 Å². The molecule has 0 saturated heterocycles. The highest BCUT2D eigenvalue weighted by Crippen LogP contribution is 2.23. The molecule has 0 saturated carbocycles. The number of esters is 1. The van der Waals surface area contributed by atoms with E-state index in [-0.39, 0.29) is 17.4 Å². The summed E-state index contributed by atoms with van der Waals surface area (Å²) >= 11 is 0. The predicted molar refractivity (Wildman–Crippen MR) is 73.1 cm³/mol. The summed E-state index contributed by atoms with van der Waals surface area (Å²) in [5.74, 6) is -0.570. The van der Waals surface area contributed by atoms with Crippen LogP contribution in [0.3, 0.4) is 0 Å². The zero-order valence-corrected chi connectivity index (χ0v) is 11.0. The average molecular weight is 256 g/mol. The third kappa shape index (κ3) is 3.13. The van der Waals surface area contributed by atoms with Crippen molar-refractivity contribution in [2.24, 2.45) is 0 Å². The lowest BCUT2D eigenvalue weighted by atomic mass is 10.1. The van der Waals surface area contributed by atoms with Crippen molar-refractivity contribution >= 4 is 5.97 Å². The Hall–Kier alpha value is -2.29. The molecule has 0 unspecified atom stereocenters. The second kappa shape index (κ2) is 5.57. The van der Waals surface area contributed by atoms with Gasteiger partial charge in [-0.15, -0.1) is 0 Å². The Morgan fingerprint density at radius 2 is 1.84 bits per heavy atom. The predicted octanol–water partition coefficient (Wildman–Crippen LogP) is 3.62. The molecule has 3 nitrogen and oxygen atoms in total. The molecule has 2 aromatic carbocycles. The van der Waals surface area contributed by atoms with Crippen LogP contribution >= 0.6 is 0 Å². The number of phenolic OH excluding ortho intramolecular Hbond substituents is 1. The maximum absolute atomic E-state index is 12.0. The SMILES string of the molecule is Cc1ccc(C(=O)O[C@@H](C)c2ccccc2)c(O)c1. The monoisotopic (exact) mass is 256 g/mol. The van der Waals surface area contributed by atoms with E-state index in [4.69, 9.17) is 4.74 Å². The molecule has 0 amide bonds. The Morgan fingerprint density at radius 3 is 2.47 bits per heavy atom. The van der Waals surface area contributed by atoms with Crippen LogP contribution in [0.4, 0.5) is 0 Å². The van der Waals surface area contributed by atoms with Gasteiger partial charge in [-0.1, -0.05) is 36.4 Å². The van der Waals surface area contributed by atoms with E-state index in [9.17, 15) is 9.90 Å². The van der Waals surface area contributed by atoms with Gasteiger partial charge in [-0.2, -0.15) is 0 Å². The number of hydrogen-bond acceptors (Lipinski definition) is 3. The Balaban J connectivity index is 2.13. The summed E-state index contributed by atoms with van der Waals surface area (Å²) in [6.45, 7) is 3.65. The molecule has 0 radical (unpaired) electrons. The van der Waals surface area contributed by atoms with Gasteiger partial charge < -0.3 is 9.84 Å². The minimum absolute atomic E-state index is 0.0507. The number of carbonyl (C=O) groups is 1. The second-order valence-corrected chi connectivity index (χ2v) is 4.48. The molecular weight excluding hydrogens is 240 g/mol. The lowest BCUT2D eigenvalue weighted by molar-refractivity contribution is 0.0334. The summed E-state index contributed by atoms with van der Waals surface area (Å²) in [5, 5.41) is 9.74. The third-order valence-electron chi connectivity index (χ3n) is 2.93. The van der Waals surface area contributed by atoms with Crippen molar-refractivity contribution < 1.29 is 14.6 Å². The van der Waals surface area contributed by atoms with E-state index >= 15 is 0 Å². The first-order chi connectivity index (χ1) is 9.08. The van der Waals surface area contributed by atoms with Gasteiger partial charge in [0.15, 0.2) is 0 Å².